The zero-order valence-corrected chi connectivity index (χ0v) is 5.32. The van der Waals surface area contributed by atoms with Crippen LogP contribution in [0.3, 0.4) is 0 Å². The van der Waals surface area contributed by atoms with Gasteiger partial charge in [-0.3, -0.25) is 0 Å². The fraction of sp³-hybridized carbons (Fsp3) is 0.857. The highest BCUT2D eigenvalue weighted by Crippen LogP contribution is 2.24. The van der Waals surface area contributed by atoms with Gasteiger partial charge >= 0.3 is 0 Å². The molecule has 1 saturated carbocycles. The second kappa shape index (κ2) is 2.06. The van der Waals surface area contributed by atoms with Crippen LogP contribution in [0.15, 0.2) is 0 Å². The largest absolute Gasteiger partial charge is 0.325 e. The average Bonchev–Trinajstić information content (AvgIpc) is 1.65. The van der Waals surface area contributed by atoms with Gasteiger partial charge in [0.2, 0.25) is 0 Å². The lowest BCUT2D eigenvalue weighted by molar-refractivity contribution is 0.356. The predicted molar refractivity (Wildman–Crippen MR) is 35.4 cm³/mol. The van der Waals surface area contributed by atoms with Crippen LogP contribution in [0.2, 0.25) is 0 Å². The van der Waals surface area contributed by atoms with Gasteiger partial charge in [0, 0.05) is 5.54 Å². The van der Waals surface area contributed by atoms with Crippen LogP contribution in [0.4, 0.5) is 0 Å². The molecule has 1 nitrogen and oxygen atoms in total. The Morgan fingerprint density at radius 1 is 1.12 bits per heavy atom. The van der Waals surface area contributed by atoms with Crippen molar-refractivity contribution in [1.29, 1.82) is 0 Å². The van der Waals surface area contributed by atoms with Crippen LogP contribution in [0.5, 0.6) is 0 Å². The van der Waals surface area contributed by atoms with Gasteiger partial charge in [0.25, 0.3) is 0 Å². The molecule has 1 radical (unpaired) electrons. The zero-order valence-electron chi connectivity index (χ0n) is 5.32. The lowest BCUT2D eigenvalue weighted by Gasteiger charge is -2.28. The molecule has 0 aromatic rings. The number of rotatable bonds is 0. The average molecular weight is 112 g/mol. The molecule has 47 valence electrons. The summed E-state index contributed by atoms with van der Waals surface area (Å²) in [4.78, 5) is 0. The highest BCUT2D eigenvalue weighted by molar-refractivity contribution is 4.88. The molecule has 0 bridgehead atoms. The van der Waals surface area contributed by atoms with E-state index < -0.39 is 0 Å². The molecule has 8 heavy (non-hydrogen) atoms. The molecule has 0 aliphatic heterocycles. The minimum atomic E-state index is -0.0712. The van der Waals surface area contributed by atoms with Crippen LogP contribution in [0.1, 0.15) is 32.1 Å². The third kappa shape index (κ3) is 1.48. The van der Waals surface area contributed by atoms with Gasteiger partial charge in [-0.25, -0.2) is 0 Å². The van der Waals surface area contributed by atoms with Crippen molar-refractivity contribution in [2.45, 2.75) is 37.6 Å². The van der Waals surface area contributed by atoms with Crippen LogP contribution >= 0.6 is 0 Å². The first-order valence-electron chi connectivity index (χ1n) is 3.35. The second-order valence-corrected chi connectivity index (χ2v) is 2.92. The van der Waals surface area contributed by atoms with Gasteiger partial charge in [-0.1, -0.05) is 19.3 Å². The van der Waals surface area contributed by atoms with Crippen LogP contribution in [0.25, 0.3) is 0 Å². The summed E-state index contributed by atoms with van der Waals surface area (Å²) in [6, 6.07) is 0. The topological polar surface area (TPSA) is 26.0 Å². The maximum Gasteiger partial charge on any atom is 0.0155 e. The fourth-order valence-corrected chi connectivity index (χ4v) is 1.26. The standard InChI is InChI=1S/C7H14N/c1-7(8)5-3-2-4-6-7/h1-6,8H2. The minimum Gasteiger partial charge on any atom is -0.325 e. The number of hydrogen-bond acceptors (Lipinski definition) is 1. The van der Waals surface area contributed by atoms with Crippen LogP contribution < -0.4 is 5.73 Å². The summed E-state index contributed by atoms with van der Waals surface area (Å²) in [5.74, 6) is 0. The van der Waals surface area contributed by atoms with Crippen molar-refractivity contribution in [3.63, 3.8) is 0 Å². The Morgan fingerprint density at radius 2 is 1.62 bits per heavy atom. The SMILES string of the molecule is [CH2]C1(N)CCCCC1. The lowest BCUT2D eigenvalue weighted by Crippen LogP contribution is -2.38. The van der Waals surface area contributed by atoms with E-state index >= 15 is 0 Å². The Kier molecular flexibility index (Phi) is 1.57. The molecule has 0 amide bonds. The van der Waals surface area contributed by atoms with E-state index in [-0.39, 0.29) is 5.54 Å². The molecule has 1 aliphatic carbocycles. The number of nitrogens with two attached hydrogens (primary N) is 1. The van der Waals surface area contributed by atoms with E-state index in [9.17, 15) is 0 Å². The smallest absolute Gasteiger partial charge is 0.0155 e. The van der Waals surface area contributed by atoms with Crippen molar-refractivity contribution < 1.29 is 0 Å². The quantitative estimate of drug-likeness (QED) is 0.504. The molecule has 0 atom stereocenters. The molecule has 0 aromatic carbocycles. The van der Waals surface area contributed by atoms with Crippen molar-refractivity contribution >= 4 is 0 Å². The highest BCUT2D eigenvalue weighted by Gasteiger charge is 2.20. The predicted octanol–water partition coefficient (Wildman–Crippen LogP) is 1.48. The van der Waals surface area contributed by atoms with Gasteiger partial charge in [-0.2, -0.15) is 0 Å². The molecule has 2 N–H and O–H groups in total. The van der Waals surface area contributed by atoms with Crippen LogP contribution in [0, 0.1) is 6.92 Å². The first kappa shape index (κ1) is 6.09. The third-order valence-corrected chi connectivity index (χ3v) is 1.85. The van der Waals surface area contributed by atoms with E-state index in [0.29, 0.717) is 0 Å². The first-order valence-corrected chi connectivity index (χ1v) is 3.35. The van der Waals surface area contributed by atoms with Gasteiger partial charge in [-0.05, 0) is 19.8 Å². The minimum absolute atomic E-state index is 0.0712. The Bertz CT molecular complexity index is 68.5. The van der Waals surface area contributed by atoms with Crippen molar-refractivity contribution in [1.82, 2.24) is 0 Å². The summed E-state index contributed by atoms with van der Waals surface area (Å²) in [6.07, 6.45) is 6.15. The molecule has 1 aliphatic rings. The monoisotopic (exact) mass is 112 g/mol. The Morgan fingerprint density at radius 3 is 1.88 bits per heavy atom. The molecule has 0 heterocycles. The third-order valence-electron chi connectivity index (χ3n) is 1.85. The van der Waals surface area contributed by atoms with Crippen molar-refractivity contribution in [3.05, 3.63) is 6.92 Å². The zero-order chi connectivity index (χ0) is 6.04. The molecule has 0 saturated heterocycles. The van der Waals surface area contributed by atoms with Gasteiger partial charge in [-0.15, -0.1) is 0 Å². The lowest BCUT2D eigenvalue weighted by atomic mass is 9.84. The molecular formula is C7H14N. The second-order valence-electron chi connectivity index (χ2n) is 2.92. The summed E-state index contributed by atoms with van der Waals surface area (Å²) < 4.78 is 0. The molecule has 1 fully saturated rings. The highest BCUT2D eigenvalue weighted by atomic mass is 14.7. The van der Waals surface area contributed by atoms with E-state index in [1.165, 1.54) is 19.3 Å². The van der Waals surface area contributed by atoms with Crippen molar-refractivity contribution in [2.24, 2.45) is 5.73 Å². The van der Waals surface area contributed by atoms with E-state index in [2.05, 4.69) is 6.92 Å². The van der Waals surface area contributed by atoms with E-state index in [1.54, 1.807) is 0 Å². The summed E-state index contributed by atoms with van der Waals surface area (Å²) in [5, 5.41) is 0. The Hall–Kier alpha value is -0.0400. The first-order chi connectivity index (χ1) is 3.71. The maximum absolute atomic E-state index is 5.77. The van der Waals surface area contributed by atoms with Gasteiger partial charge < -0.3 is 5.73 Å². The molecule has 0 aromatic heterocycles. The Labute approximate surface area is 51.3 Å². The normalized spacial score (nSPS) is 27.8. The number of hydrogen-bond donors (Lipinski definition) is 1. The van der Waals surface area contributed by atoms with Crippen molar-refractivity contribution in [3.8, 4) is 0 Å². The van der Waals surface area contributed by atoms with Crippen molar-refractivity contribution in [2.75, 3.05) is 0 Å². The summed E-state index contributed by atoms with van der Waals surface area (Å²) in [7, 11) is 0. The maximum atomic E-state index is 5.77. The Balaban J connectivity index is 2.33. The molecule has 0 unspecified atom stereocenters. The molecule has 0 spiro atoms. The summed E-state index contributed by atoms with van der Waals surface area (Å²) in [5.41, 5.74) is 5.70. The van der Waals surface area contributed by atoms with E-state index in [1.807, 2.05) is 0 Å². The van der Waals surface area contributed by atoms with Crippen LogP contribution in [-0.2, 0) is 0 Å². The van der Waals surface area contributed by atoms with E-state index in [4.69, 9.17) is 5.73 Å². The van der Waals surface area contributed by atoms with Gasteiger partial charge in [0.05, 0.1) is 0 Å². The van der Waals surface area contributed by atoms with Crippen LogP contribution in [-0.4, -0.2) is 5.54 Å². The van der Waals surface area contributed by atoms with E-state index in [0.717, 1.165) is 12.8 Å². The molecule has 1 rings (SSSR count). The molecular weight excluding hydrogens is 98.1 g/mol. The fourth-order valence-electron chi connectivity index (χ4n) is 1.26. The summed E-state index contributed by atoms with van der Waals surface area (Å²) >= 11 is 0. The van der Waals surface area contributed by atoms with Gasteiger partial charge in [0.15, 0.2) is 0 Å². The van der Waals surface area contributed by atoms with Gasteiger partial charge in [0.1, 0.15) is 0 Å². The summed E-state index contributed by atoms with van der Waals surface area (Å²) in [6.45, 7) is 3.91. The molecule has 1 heteroatoms.